The summed E-state index contributed by atoms with van der Waals surface area (Å²) in [5, 5.41) is 7.26. The number of amides is 1. The molecule has 116 valence electrons. The standard InChI is InChI=1S/C18H17N3O2/c1-13-12-21(15-10-6-7-11-16(15)23-2)20-17(13)18(22)19-14-8-4-3-5-9-14/h3-12H,1-2H3,(H,19,22). The molecule has 0 saturated heterocycles. The van der Waals surface area contributed by atoms with Crippen molar-refractivity contribution in [1.82, 2.24) is 9.78 Å². The van der Waals surface area contributed by atoms with E-state index >= 15 is 0 Å². The Balaban J connectivity index is 1.90. The zero-order valence-corrected chi connectivity index (χ0v) is 13.0. The lowest BCUT2D eigenvalue weighted by atomic mass is 10.2. The number of hydrogen-bond donors (Lipinski definition) is 1. The van der Waals surface area contributed by atoms with E-state index in [1.54, 1.807) is 11.8 Å². The molecule has 23 heavy (non-hydrogen) atoms. The number of nitrogens with one attached hydrogen (secondary N) is 1. The summed E-state index contributed by atoms with van der Waals surface area (Å²) >= 11 is 0. The first kappa shape index (κ1) is 14.8. The number of rotatable bonds is 4. The molecular weight excluding hydrogens is 290 g/mol. The lowest BCUT2D eigenvalue weighted by Gasteiger charge is -2.07. The van der Waals surface area contributed by atoms with Gasteiger partial charge in [0.05, 0.1) is 7.11 Å². The second-order valence-corrected chi connectivity index (χ2v) is 5.10. The van der Waals surface area contributed by atoms with Crippen molar-refractivity contribution in [2.75, 3.05) is 12.4 Å². The van der Waals surface area contributed by atoms with Crippen LogP contribution >= 0.6 is 0 Å². The molecule has 3 rings (SSSR count). The zero-order valence-electron chi connectivity index (χ0n) is 13.0. The van der Waals surface area contributed by atoms with Crippen molar-refractivity contribution in [1.29, 1.82) is 0 Å². The van der Waals surface area contributed by atoms with Crippen LogP contribution in [0.3, 0.4) is 0 Å². The molecule has 0 bridgehead atoms. The number of benzene rings is 2. The number of methoxy groups -OCH3 is 1. The third-order valence-electron chi connectivity index (χ3n) is 3.48. The highest BCUT2D eigenvalue weighted by molar-refractivity contribution is 6.03. The minimum Gasteiger partial charge on any atom is -0.494 e. The van der Waals surface area contributed by atoms with Gasteiger partial charge in [0.25, 0.3) is 5.91 Å². The predicted octanol–water partition coefficient (Wildman–Crippen LogP) is 3.44. The fourth-order valence-corrected chi connectivity index (χ4v) is 2.34. The summed E-state index contributed by atoms with van der Waals surface area (Å²) in [6, 6.07) is 16.9. The van der Waals surface area contributed by atoms with Crippen LogP contribution in [0.2, 0.25) is 0 Å². The van der Waals surface area contributed by atoms with Crippen LogP contribution in [-0.2, 0) is 0 Å². The molecule has 2 aromatic carbocycles. The molecule has 0 spiro atoms. The number of anilines is 1. The van der Waals surface area contributed by atoms with E-state index in [0.717, 1.165) is 16.9 Å². The maximum absolute atomic E-state index is 12.4. The number of nitrogens with zero attached hydrogens (tertiary/aromatic N) is 2. The summed E-state index contributed by atoms with van der Waals surface area (Å²) < 4.78 is 7.00. The van der Waals surface area contributed by atoms with Gasteiger partial charge in [-0.15, -0.1) is 0 Å². The Morgan fingerprint density at radius 2 is 1.78 bits per heavy atom. The highest BCUT2D eigenvalue weighted by Gasteiger charge is 2.16. The average Bonchev–Trinajstić information content (AvgIpc) is 2.97. The molecule has 0 radical (unpaired) electrons. The van der Waals surface area contributed by atoms with Gasteiger partial charge in [0.2, 0.25) is 0 Å². The molecule has 0 unspecified atom stereocenters. The molecule has 1 amide bonds. The van der Waals surface area contributed by atoms with Gasteiger partial charge in [-0.25, -0.2) is 4.68 Å². The number of aryl methyl sites for hydroxylation is 1. The highest BCUT2D eigenvalue weighted by Crippen LogP contribution is 2.22. The van der Waals surface area contributed by atoms with Crippen LogP contribution in [0.5, 0.6) is 5.75 Å². The maximum Gasteiger partial charge on any atom is 0.276 e. The predicted molar refractivity (Wildman–Crippen MR) is 89.2 cm³/mol. The fraction of sp³-hybridized carbons (Fsp3) is 0.111. The fourth-order valence-electron chi connectivity index (χ4n) is 2.34. The van der Waals surface area contributed by atoms with Gasteiger partial charge in [0.1, 0.15) is 11.4 Å². The van der Waals surface area contributed by atoms with Crippen molar-refractivity contribution in [3.63, 3.8) is 0 Å². The largest absolute Gasteiger partial charge is 0.494 e. The number of para-hydroxylation sites is 3. The monoisotopic (exact) mass is 307 g/mol. The molecule has 1 heterocycles. The number of aromatic nitrogens is 2. The first-order valence-electron chi connectivity index (χ1n) is 7.25. The van der Waals surface area contributed by atoms with Crippen LogP contribution in [-0.4, -0.2) is 22.8 Å². The van der Waals surface area contributed by atoms with Gasteiger partial charge in [-0.3, -0.25) is 4.79 Å². The molecule has 1 aromatic heterocycles. The minimum absolute atomic E-state index is 0.234. The lowest BCUT2D eigenvalue weighted by molar-refractivity contribution is 0.102. The first-order valence-corrected chi connectivity index (χ1v) is 7.25. The molecule has 5 heteroatoms. The van der Waals surface area contributed by atoms with E-state index in [2.05, 4.69) is 10.4 Å². The number of hydrogen-bond acceptors (Lipinski definition) is 3. The SMILES string of the molecule is COc1ccccc1-n1cc(C)c(C(=O)Nc2ccccc2)n1. The molecule has 5 nitrogen and oxygen atoms in total. The second kappa shape index (κ2) is 6.36. The Morgan fingerprint density at radius 1 is 1.09 bits per heavy atom. The zero-order chi connectivity index (χ0) is 16.2. The summed E-state index contributed by atoms with van der Waals surface area (Å²) in [6.07, 6.45) is 1.82. The van der Waals surface area contributed by atoms with Crippen LogP contribution in [0.4, 0.5) is 5.69 Å². The van der Waals surface area contributed by atoms with Crippen molar-refractivity contribution >= 4 is 11.6 Å². The normalized spacial score (nSPS) is 10.3. The van der Waals surface area contributed by atoms with Gasteiger partial charge >= 0.3 is 0 Å². The topological polar surface area (TPSA) is 56.1 Å². The molecule has 0 fully saturated rings. The van der Waals surface area contributed by atoms with Gasteiger partial charge in [0.15, 0.2) is 5.69 Å². The van der Waals surface area contributed by atoms with E-state index in [1.807, 2.05) is 67.7 Å². The van der Waals surface area contributed by atoms with E-state index in [-0.39, 0.29) is 5.91 Å². The van der Waals surface area contributed by atoms with Gasteiger partial charge in [-0.1, -0.05) is 30.3 Å². The average molecular weight is 307 g/mol. The maximum atomic E-state index is 12.4. The number of carbonyl (C=O) groups is 1. The summed E-state index contributed by atoms with van der Waals surface area (Å²) in [5.74, 6) is 0.465. The molecule has 1 N–H and O–H groups in total. The molecule has 0 atom stereocenters. The third-order valence-corrected chi connectivity index (χ3v) is 3.48. The quantitative estimate of drug-likeness (QED) is 0.803. The Labute approximate surface area is 134 Å². The Bertz CT molecular complexity index is 825. The molecule has 0 saturated carbocycles. The Hall–Kier alpha value is -3.08. The van der Waals surface area contributed by atoms with E-state index in [9.17, 15) is 4.79 Å². The summed E-state index contributed by atoms with van der Waals surface area (Å²) in [6.45, 7) is 1.86. The van der Waals surface area contributed by atoms with Crippen molar-refractivity contribution < 1.29 is 9.53 Å². The van der Waals surface area contributed by atoms with Crippen molar-refractivity contribution in [2.45, 2.75) is 6.92 Å². The van der Waals surface area contributed by atoms with Crippen molar-refractivity contribution in [2.24, 2.45) is 0 Å². The highest BCUT2D eigenvalue weighted by atomic mass is 16.5. The van der Waals surface area contributed by atoms with Gasteiger partial charge in [-0.05, 0) is 31.2 Å². The van der Waals surface area contributed by atoms with E-state index in [1.165, 1.54) is 0 Å². The van der Waals surface area contributed by atoms with Crippen molar-refractivity contribution in [3.05, 3.63) is 72.1 Å². The summed E-state index contributed by atoms with van der Waals surface area (Å²) in [4.78, 5) is 12.4. The van der Waals surface area contributed by atoms with Crippen molar-refractivity contribution in [3.8, 4) is 11.4 Å². The van der Waals surface area contributed by atoms with Crippen LogP contribution in [0.15, 0.2) is 60.8 Å². The lowest BCUT2D eigenvalue weighted by Crippen LogP contribution is -2.14. The van der Waals surface area contributed by atoms with Gasteiger partial charge in [-0.2, -0.15) is 5.10 Å². The van der Waals surface area contributed by atoms with E-state index < -0.39 is 0 Å². The summed E-state index contributed by atoms with van der Waals surface area (Å²) in [7, 11) is 1.61. The number of carbonyl (C=O) groups excluding carboxylic acids is 1. The van der Waals surface area contributed by atoms with E-state index in [0.29, 0.717) is 11.4 Å². The number of ether oxygens (including phenoxy) is 1. The first-order chi connectivity index (χ1) is 11.2. The van der Waals surface area contributed by atoms with Gasteiger partial charge in [0, 0.05) is 17.4 Å². The smallest absolute Gasteiger partial charge is 0.276 e. The van der Waals surface area contributed by atoms with Crippen LogP contribution in [0.25, 0.3) is 5.69 Å². The van der Waals surface area contributed by atoms with Gasteiger partial charge < -0.3 is 10.1 Å². The summed E-state index contributed by atoms with van der Waals surface area (Å²) in [5.41, 5.74) is 2.71. The van der Waals surface area contributed by atoms with Crippen LogP contribution in [0.1, 0.15) is 16.1 Å². The second-order valence-electron chi connectivity index (χ2n) is 5.10. The molecule has 3 aromatic rings. The van der Waals surface area contributed by atoms with Crippen LogP contribution in [0, 0.1) is 6.92 Å². The van der Waals surface area contributed by atoms with Crippen LogP contribution < -0.4 is 10.1 Å². The molecular formula is C18H17N3O2. The third kappa shape index (κ3) is 3.08. The Morgan fingerprint density at radius 3 is 2.52 bits per heavy atom. The molecule has 0 aliphatic carbocycles. The van der Waals surface area contributed by atoms with E-state index in [4.69, 9.17) is 4.74 Å². The molecule has 0 aliphatic heterocycles. The minimum atomic E-state index is -0.234. The Kier molecular flexibility index (Phi) is 4.10. The molecule has 0 aliphatic rings.